The van der Waals surface area contributed by atoms with Gasteiger partial charge < -0.3 is 16.2 Å². The maximum atomic E-state index is 6.47. The van der Waals surface area contributed by atoms with Gasteiger partial charge in [0, 0.05) is 12.1 Å². The molecule has 0 bridgehead atoms. The van der Waals surface area contributed by atoms with Crippen LogP contribution < -0.4 is 11.5 Å². The Morgan fingerprint density at radius 3 is 1.39 bits per heavy atom. The number of epoxide rings is 1. The molecule has 1 saturated heterocycles. The minimum absolute atomic E-state index is 0. The molecule has 31 heavy (non-hydrogen) atoms. The van der Waals surface area contributed by atoms with Gasteiger partial charge in [0.2, 0.25) is 0 Å². The van der Waals surface area contributed by atoms with Gasteiger partial charge in [0.05, 0.1) is 0 Å². The fourth-order valence-corrected chi connectivity index (χ4v) is 4.33. The van der Waals surface area contributed by atoms with Crippen LogP contribution in [0.5, 0.6) is 0 Å². The zero-order valence-corrected chi connectivity index (χ0v) is 18.8. The van der Waals surface area contributed by atoms with Crippen molar-refractivity contribution in [1.29, 1.82) is 0 Å². The van der Waals surface area contributed by atoms with Gasteiger partial charge in [-0.05, 0) is 45.5 Å². The van der Waals surface area contributed by atoms with E-state index >= 15 is 0 Å². The normalized spacial score (nSPS) is 19.3. The molecule has 0 aliphatic carbocycles. The molecule has 0 radical (unpaired) electrons. The first-order valence-electron chi connectivity index (χ1n) is 10.3. The first-order valence-corrected chi connectivity index (χ1v) is 10.3. The largest absolute Gasteiger partial charge is 0.366 e. The van der Waals surface area contributed by atoms with Crippen molar-refractivity contribution in [2.75, 3.05) is 0 Å². The van der Waals surface area contributed by atoms with E-state index in [1.54, 1.807) is 0 Å². The molecule has 0 saturated carbocycles. The topological polar surface area (TPSA) is 64.6 Å². The van der Waals surface area contributed by atoms with Crippen LogP contribution in [0.2, 0.25) is 0 Å². The molecule has 0 spiro atoms. The highest BCUT2D eigenvalue weighted by molar-refractivity contribution is 5.86. The Balaban J connectivity index is 0.00000136. The van der Waals surface area contributed by atoms with Crippen molar-refractivity contribution < 1.29 is 4.74 Å². The maximum absolute atomic E-state index is 6.47. The van der Waals surface area contributed by atoms with E-state index in [0.717, 1.165) is 12.8 Å². The van der Waals surface area contributed by atoms with Crippen LogP contribution in [0.3, 0.4) is 0 Å². The van der Waals surface area contributed by atoms with Gasteiger partial charge >= 0.3 is 0 Å². The lowest BCUT2D eigenvalue weighted by Crippen LogP contribution is -2.37. The average Bonchev–Trinajstić information content (AvgIpc) is 3.55. The van der Waals surface area contributed by atoms with Crippen molar-refractivity contribution in [2.24, 2.45) is 11.5 Å². The molecule has 3 nitrogen and oxygen atoms in total. The quantitative estimate of drug-likeness (QED) is 0.400. The van der Waals surface area contributed by atoms with Crippen molar-refractivity contribution in [3.05, 3.63) is 96.1 Å². The van der Waals surface area contributed by atoms with E-state index in [9.17, 15) is 0 Å². The summed E-state index contributed by atoms with van der Waals surface area (Å²) in [5, 5.41) is 5.00. The molecule has 0 unspecified atom stereocenters. The molecule has 4 N–H and O–H groups in total. The highest BCUT2D eigenvalue weighted by Gasteiger charge is 2.46. The van der Waals surface area contributed by atoms with E-state index in [-0.39, 0.29) is 49.1 Å². The second-order valence-electron chi connectivity index (χ2n) is 8.16. The lowest BCUT2D eigenvalue weighted by molar-refractivity contribution is 0.330. The Hall–Kier alpha value is -2.14. The van der Waals surface area contributed by atoms with Gasteiger partial charge in [-0.15, -0.1) is 24.8 Å². The first kappa shape index (κ1) is 23.5. The lowest BCUT2D eigenvalue weighted by atomic mass is 9.95. The molecular weight excluding hydrogens is 427 g/mol. The highest BCUT2D eigenvalue weighted by atomic mass is 35.5. The molecule has 0 aromatic heterocycles. The van der Waals surface area contributed by atoms with E-state index in [2.05, 4.69) is 84.9 Å². The summed E-state index contributed by atoms with van der Waals surface area (Å²) in [5.74, 6) is 0. The predicted octanol–water partition coefficient (Wildman–Crippen LogP) is 5.04. The average molecular weight is 455 g/mol. The van der Waals surface area contributed by atoms with Gasteiger partial charge in [-0.3, -0.25) is 0 Å². The van der Waals surface area contributed by atoms with Crippen LogP contribution in [0.15, 0.2) is 84.9 Å². The third-order valence-corrected chi connectivity index (χ3v) is 5.98. The Morgan fingerprint density at radius 1 is 0.581 bits per heavy atom. The molecule has 162 valence electrons. The molecule has 5 rings (SSSR count). The van der Waals surface area contributed by atoms with E-state index in [4.69, 9.17) is 16.2 Å². The van der Waals surface area contributed by atoms with Crippen molar-refractivity contribution in [2.45, 2.75) is 37.1 Å². The predicted molar refractivity (Wildman–Crippen MR) is 134 cm³/mol. The van der Waals surface area contributed by atoms with Gasteiger partial charge in [0.25, 0.3) is 0 Å². The molecular formula is C26H28Cl2N2O. The van der Waals surface area contributed by atoms with Gasteiger partial charge in [-0.25, -0.2) is 0 Å². The number of hydrogen-bond donors (Lipinski definition) is 2. The second-order valence-corrected chi connectivity index (χ2v) is 8.16. The van der Waals surface area contributed by atoms with Crippen LogP contribution >= 0.6 is 24.8 Å². The van der Waals surface area contributed by atoms with Crippen LogP contribution in [0.1, 0.15) is 11.1 Å². The van der Waals surface area contributed by atoms with E-state index < -0.39 is 0 Å². The fraction of sp³-hybridized carbons (Fsp3) is 0.231. The van der Waals surface area contributed by atoms with Crippen LogP contribution in [0.4, 0.5) is 0 Å². The molecule has 4 aromatic rings. The first-order chi connectivity index (χ1) is 14.2. The molecule has 1 heterocycles. The van der Waals surface area contributed by atoms with Crippen LogP contribution in [0.25, 0.3) is 21.5 Å². The van der Waals surface area contributed by atoms with Gasteiger partial charge in [-0.2, -0.15) is 0 Å². The smallest absolute Gasteiger partial charge is 0.101 e. The number of hydrogen-bond acceptors (Lipinski definition) is 3. The SMILES string of the molecule is Cl.Cl.N[C@@H](Cc1ccc2ccccc2c1)[C@@H]1O[C@@H]1[C@@H](N)Cc1ccc2ccccc2c1. The van der Waals surface area contributed by atoms with Crippen molar-refractivity contribution >= 4 is 46.4 Å². The summed E-state index contributed by atoms with van der Waals surface area (Å²) in [5.41, 5.74) is 15.4. The van der Waals surface area contributed by atoms with Gasteiger partial charge in [-0.1, -0.05) is 84.9 Å². The maximum Gasteiger partial charge on any atom is 0.101 e. The zero-order chi connectivity index (χ0) is 19.8. The molecule has 1 aliphatic heterocycles. The number of nitrogens with two attached hydrogens (primary N) is 2. The number of halogens is 2. The molecule has 1 aliphatic rings. The van der Waals surface area contributed by atoms with Crippen LogP contribution in [0, 0.1) is 0 Å². The molecule has 4 atom stereocenters. The van der Waals surface area contributed by atoms with Crippen molar-refractivity contribution in [1.82, 2.24) is 0 Å². The minimum Gasteiger partial charge on any atom is -0.366 e. The molecule has 0 amide bonds. The highest BCUT2D eigenvalue weighted by Crippen LogP contribution is 2.30. The van der Waals surface area contributed by atoms with Crippen molar-refractivity contribution in [3.63, 3.8) is 0 Å². The number of fused-ring (bicyclic) bond motifs is 2. The minimum atomic E-state index is -0.0381. The van der Waals surface area contributed by atoms with Gasteiger partial charge in [0.1, 0.15) is 12.2 Å². The third kappa shape index (κ3) is 5.20. The molecule has 5 heteroatoms. The van der Waals surface area contributed by atoms with Crippen LogP contribution in [-0.2, 0) is 17.6 Å². The summed E-state index contributed by atoms with van der Waals surface area (Å²) in [6.45, 7) is 0. The molecule has 1 fully saturated rings. The summed E-state index contributed by atoms with van der Waals surface area (Å²) < 4.78 is 5.91. The fourth-order valence-electron chi connectivity index (χ4n) is 4.33. The summed E-state index contributed by atoms with van der Waals surface area (Å²) >= 11 is 0. The number of benzene rings is 4. The molecule has 4 aromatic carbocycles. The van der Waals surface area contributed by atoms with Crippen LogP contribution in [-0.4, -0.2) is 24.3 Å². The zero-order valence-electron chi connectivity index (χ0n) is 17.2. The van der Waals surface area contributed by atoms with Gasteiger partial charge in [0.15, 0.2) is 0 Å². The standard InChI is InChI=1S/C26H26N2O.2ClH/c27-23(15-17-9-11-19-5-1-3-7-21(19)13-17)25-26(29-25)24(28)16-18-10-12-20-6-2-4-8-22(20)14-18;;/h1-14,23-26H,15-16,27-28H2;2*1H/t23-,24-,25-,26+;;/m0../s1. The Morgan fingerprint density at radius 2 is 0.968 bits per heavy atom. The third-order valence-electron chi connectivity index (χ3n) is 5.98. The number of rotatable bonds is 6. The monoisotopic (exact) mass is 454 g/mol. The lowest BCUT2D eigenvalue weighted by Gasteiger charge is -2.13. The second kappa shape index (κ2) is 9.99. The Kier molecular flexibility index (Phi) is 7.58. The van der Waals surface area contributed by atoms with E-state index in [1.807, 2.05) is 0 Å². The Labute approximate surface area is 195 Å². The van der Waals surface area contributed by atoms with E-state index in [0.29, 0.717) is 0 Å². The summed E-state index contributed by atoms with van der Waals surface area (Å²) in [6.07, 6.45) is 1.68. The van der Waals surface area contributed by atoms with E-state index in [1.165, 1.54) is 32.7 Å². The number of ether oxygens (including phenoxy) is 1. The Bertz CT molecular complexity index is 1070. The summed E-state index contributed by atoms with van der Waals surface area (Å²) in [4.78, 5) is 0. The summed E-state index contributed by atoms with van der Waals surface area (Å²) in [7, 11) is 0. The summed E-state index contributed by atoms with van der Waals surface area (Å²) in [6, 6.07) is 29.8. The van der Waals surface area contributed by atoms with Crippen molar-refractivity contribution in [3.8, 4) is 0 Å².